The number of rotatable bonds is 3. The zero-order valence-electron chi connectivity index (χ0n) is 10.0. The van der Waals surface area contributed by atoms with Crippen molar-refractivity contribution in [1.82, 2.24) is 5.32 Å². The fourth-order valence-corrected chi connectivity index (χ4v) is 1.65. The summed E-state index contributed by atoms with van der Waals surface area (Å²) in [6, 6.07) is 13.8. The van der Waals surface area contributed by atoms with E-state index in [1.54, 1.807) is 7.05 Å². The lowest BCUT2D eigenvalue weighted by Gasteiger charge is -2.11. The van der Waals surface area contributed by atoms with E-state index < -0.39 is 0 Å². The van der Waals surface area contributed by atoms with Crippen LogP contribution in [0.25, 0.3) is 10.8 Å². The molecule has 1 atom stereocenters. The normalized spacial score (nSPS) is 12.4. The standard InChI is InChI=1S/C14H16N2O/c1-10(15-2)14(17)16-13-8-7-11-5-3-4-6-12(11)9-13/h3-10,15H,1-2H3,(H,16,17). The molecule has 0 spiro atoms. The molecule has 0 aliphatic heterocycles. The Hall–Kier alpha value is -1.87. The highest BCUT2D eigenvalue weighted by Crippen LogP contribution is 2.18. The fraction of sp³-hybridized carbons (Fsp3) is 0.214. The summed E-state index contributed by atoms with van der Waals surface area (Å²) in [5, 5.41) is 8.09. The summed E-state index contributed by atoms with van der Waals surface area (Å²) in [4.78, 5) is 11.7. The Balaban J connectivity index is 2.22. The molecule has 0 fully saturated rings. The number of hydrogen-bond acceptors (Lipinski definition) is 2. The van der Waals surface area contributed by atoms with Gasteiger partial charge in [-0.05, 0) is 36.9 Å². The van der Waals surface area contributed by atoms with Crippen LogP contribution in [-0.2, 0) is 4.79 Å². The van der Waals surface area contributed by atoms with Gasteiger partial charge in [-0.1, -0.05) is 30.3 Å². The smallest absolute Gasteiger partial charge is 0.241 e. The Bertz CT molecular complexity index is 536. The maximum Gasteiger partial charge on any atom is 0.241 e. The number of nitrogens with one attached hydrogen (secondary N) is 2. The van der Waals surface area contributed by atoms with Crippen LogP contribution in [0.15, 0.2) is 42.5 Å². The molecule has 3 nitrogen and oxygen atoms in total. The van der Waals surface area contributed by atoms with Gasteiger partial charge in [0.15, 0.2) is 0 Å². The number of benzene rings is 2. The molecule has 88 valence electrons. The largest absolute Gasteiger partial charge is 0.325 e. The fourth-order valence-electron chi connectivity index (χ4n) is 1.65. The van der Waals surface area contributed by atoms with E-state index in [0.29, 0.717) is 0 Å². The average molecular weight is 228 g/mol. The summed E-state index contributed by atoms with van der Waals surface area (Å²) in [5.74, 6) is -0.0252. The number of hydrogen-bond donors (Lipinski definition) is 2. The molecule has 0 aliphatic rings. The van der Waals surface area contributed by atoms with Crippen molar-refractivity contribution in [3.8, 4) is 0 Å². The lowest BCUT2D eigenvalue weighted by Crippen LogP contribution is -2.35. The van der Waals surface area contributed by atoms with Crippen LogP contribution in [0.4, 0.5) is 5.69 Å². The SMILES string of the molecule is CNC(C)C(=O)Nc1ccc2ccccc2c1. The number of carbonyl (C=O) groups is 1. The van der Waals surface area contributed by atoms with Crippen LogP contribution in [0.5, 0.6) is 0 Å². The van der Waals surface area contributed by atoms with E-state index in [1.165, 1.54) is 5.39 Å². The predicted octanol–water partition coefficient (Wildman–Crippen LogP) is 2.39. The number of likely N-dealkylation sites (N-methyl/N-ethyl adjacent to an activating group) is 1. The molecule has 17 heavy (non-hydrogen) atoms. The maximum absolute atomic E-state index is 11.7. The van der Waals surface area contributed by atoms with Gasteiger partial charge in [0.2, 0.25) is 5.91 Å². The maximum atomic E-state index is 11.7. The van der Waals surface area contributed by atoms with Gasteiger partial charge in [0.25, 0.3) is 0 Å². The van der Waals surface area contributed by atoms with Gasteiger partial charge < -0.3 is 10.6 Å². The van der Waals surface area contributed by atoms with Gasteiger partial charge in [-0.15, -0.1) is 0 Å². The summed E-state index contributed by atoms with van der Waals surface area (Å²) in [6.07, 6.45) is 0. The van der Waals surface area contributed by atoms with Gasteiger partial charge >= 0.3 is 0 Å². The van der Waals surface area contributed by atoms with E-state index >= 15 is 0 Å². The first-order chi connectivity index (χ1) is 8.20. The van der Waals surface area contributed by atoms with Crippen LogP contribution in [0, 0.1) is 0 Å². The van der Waals surface area contributed by atoms with Crippen molar-refractivity contribution in [3.05, 3.63) is 42.5 Å². The monoisotopic (exact) mass is 228 g/mol. The molecule has 2 aromatic carbocycles. The van der Waals surface area contributed by atoms with Gasteiger partial charge in [-0.2, -0.15) is 0 Å². The second kappa shape index (κ2) is 4.97. The lowest BCUT2D eigenvalue weighted by molar-refractivity contribution is -0.117. The number of amides is 1. The first kappa shape index (κ1) is 11.6. The van der Waals surface area contributed by atoms with E-state index in [1.807, 2.05) is 43.3 Å². The van der Waals surface area contributed by atoms with Crippen LogP contribution in [0.3, 0.4) is 0 Å². The zero-order chi connectivity index (χ0) is 12.3. The van der Waals surface area contributed by atoms with Crippen molar-refractivity contribution in [2.75, 3.05) is 12.4 Å². The third-order valence-corrected chi connectivity index (χ3v) is 2.84. The first-order valence-electron chi connectivity index (χ1n) is 5.67. The molecule has 0 radical (unpaired) electrons. The van der Waals surface area contributed by atoms with Gasteiger partial charge in [0.05, 0.1) is 6.04 Å². The minimum absolute atomic E-state index is 0.0252. The molecule has 0 aliphatic carbocycles. The van der Waals surface area contributed by atoms with E-state index in [-0.39, 0.29) is 11.9 Å². The molecule has 2 rings (SSSR count). The summed E-state index contributed by atoms with van der Waals surface area (Å²) in [6.45, 7) is 1.83. The minimum atomic E-state index is -0.193. The predicted molar refractivity (Wildman–Crippen MR) is 71.1 cm³/mol. The molecular formula is C14H16N2O. The molecule has 1 unspecified atom stereocenters. The van der Waals surface area contributed by atoms with Crippen molar-refractivity contribution in [1.29, 1.82) is 0 Å². The molecule has 2 N–H and O–H groups in total. The Labute approximate surface area is 101 Å². The molecule has 0 saturated heterocycles. The summed E-state index contributed by atoms with van der Waals surface area (Å²) < 4.78 is 0. The van der Waals surface area contributed by atoms with Crippen LogP contribution >= 0.6 is 0 Å². The molecule has 0 bridgehead atoms. The van der Waals surface area contributed by atoms with Crippen molar-refractivity contribution in [3.63, 3.8) is 0 Å². The second-order valence-corrected chi connectivity index (χ2v) is 4.06. The third kappa shape index (κ3) is 2.63. The summed E-state index contributed by atoms with van der Waals surface area (Å²) in [5.41, 5.74) is 0.829. The van der Waals surface area contributed by atoms with Crippen LogP contribution in [0.1, 0.15) is 6.92 Å². The van der Waals surface area contributed by atoms with E-state index in [0.717, 1.165) is 11.1 Å². The Morgan fingerprint density at radius 1 is 1.12 bits per heavy atom. The highest BCUT2D eigenvalue weighted by molar-refractivity contribution is 5.97. The highest BCUT2D eigenvalue weighted by atomic mass is 16.2. The average Bonchev–Trinajstić information content (AvgIpc) is 2.37. The number of anilines is 1. The van der Waals surface area contributed by atoms with E-state index in [2.05, 4.69) is 16.7 Å². The van der Waals surface area contributed by atoms with Crippen molar-refractivity contribution in [2.45, 2.75) is 13.0 Å². The summed E-state index contributed by atoms with van der Waals surface area (Å²) >= 11 is 0. The first-order valence-corrected chi connectivity index (χ1v) is 5.67. The molecule has 3 heteroatoms. The van der Waals surface area contributed by atoms with Gasteiger partial charge in [0.1, 0.15) is 0 Å². The summed E-state index contributed by atoms with van der Waals surface area (Å²) in [7, 11) is 1.77. The van der Waals surface area contributed by atoms with Crippen molar-refractivity contribution < 1.29 is 4.79 Å². The van der Waals surface area contributed by atoms with E-state index in [9.17, 15) is 4.79 Å². The van der Waals surface area contributed by atoms with Gasteiger partial charge in [0, 0.05) is 5.69 Å². The second-order valence-electron chi connectivity index (χ2n) is 4.06. The minimum Gasteiger partial charge on any atom is -0.325 e. The molecule has 0 heterocycles. The lowest BCUT2D eigenvalue weighted by atomic mass is 10.1. The molecular weight excluding hydrogens is 212 g/mol. The van der Waals surface area contributed by atoms with E-state index in [4.69, 9.17) is 0 Å². The Morgan fingerprint density at radius 2 is 1.82 bits per heavy atom. The molecule has 2 aromatic rings. The Kier molecular flexibility index (Phi) is 3.40. The highest BCUT2D eigenvalue weighted by Gasteiger charge is 2.09. The Morgan fingerprint density at radius 3 is 2.53 bits per heavy atom. The molecule has 0 aromatic heterocycles. The zero-order valence-corrected chi connectivity index (χ0v) is 10.0. The van der Waals surface area contributed by atoms with Crippen molar-refractivity contribution in [2.24, 2.45) is 0 Å². The topological polar surface area (TPSA) is 41.1 Å². The van der Waals surface area contributed by atoms with Crippen molar-refractivity contribution >= 4 is 22.4 Å². The van der Waals surface area contributed by atoms with Crippen LogP contribution in [0.2, 0.25) is 0 Å². The quantitative estimate of drug-likeness (QED) is 0.847. The molecule has 1 amide bonds. The van der Waals surface area contributed by atoms with Crippen LogP contribution < -0.4 is 10.6 Å². The van der Waals surface area contributed by atoms with Crippen LogP contribution in [-0.4, -0.2) is 19.0 Å². The van der Waals surface area contributed by atoms with Gasteiger partial charge in [-0.25, -0.2) is 0 Å². The number of fused-ring (bicyclic) bond motifs is 1. The molecule has 0 saturated carbocycles. The van der Waals surface area contributed by atoms with Gasteiger partial charge in [-0.3, -0.25) is 4.79 Å². The number of carbonyl (C=O) groups excluding carboxylic acids is 1. The third-order valence-electron chi connectivity index (χ3n) is 2.84.